The monoisotopic (exact) mass is 380 g/mol. The number of rotatable bonds is 8. The van der Waals surface area contributed by atoms with E-state index in [1.54, 1.807) is 13.0 Å². The van der Waals surface area contributed by atoms with Gasteiger partial charge < -0.3 is 15.2 Å². The molecule has 1 aromatic rings. The molecule has 21 heavy (non-hydrogen) atoms. The highest BCUT2D eigenvalue weighted by atomic mass is 79.9. The van der Waals surface area contributed by atoms with E-state index in [1.165, 1.54) is 30.7 Å². The lowest BCUT2D eigenvalue weighted by molar-refractivity contribution is 0.119. The zero-order valence-corrected chi connectivity index (χ0v) is 14.8. The summed E-state index contributed by atoms with van der Waals surface area (Å²) in [5.41, 5.74) is 6.19. The van der Waals surface area contributed by atoms with Gasteiger partial charge in [-0.2, -0.15) is 4.31 Å². The van der Waals surface area contributed by atoms with Crippen LogP contribution in [0.25, 0.3) is 0 Å². The number of methoxy groups -OCH3 is 2. The molecule has 6 nitrogen and oxygen atoms in total. The Bertz CT molecular complexity index is 565. The molecule has 1 aromatic carbocycles. The maximum atomic E-state index is 12.8. The number of ether oxygens (including phenoxy) is 2. The average molecular weight is 381 g/mol. The lowest BCUT2D eigenvalue weighted by Gasteiger charge is -2.27. The second kappa shape index (κ2) is 8.09. The molecule has 0 fully saturated rings. The molecule has 0 aliphatic rings. The predicted octanol–water partition coefficient (Wildman–Crippen LogP) is 1.70. The smallest absolute Gasteiger partial charge is 0.243 e. The predicted molar refractivity (Wildman–Crippen MR) is 85.7 cm³/mol. The molecule has 0 aliphatic heterocycles. The molecule has 0 bridgehead atoms. The molecule has 0 saturated carbocycles. The molecule has 0 aliphatic carbocycles. The topological polar surface area (TPSA) is 81.9 Å². The van der Waals surface area contributed by atoms with E-state index in [4.69, 9.17) is 15.2 Å². The largest absolute Gasteiger partial charge is 0.398 e. The molecule has 120 valence electrons. The Kier molecular flexibility index (Phi) is 7.08. The average Bonchev–Trinajstić information content (AvgIpc) is 2.42. The number of nitrogens with two attached hydrogens (primary N) is 1. The highest BCUT2D eigenvalue weighted by Gasteiger charge is 2.29. The van der Waals surface area contributed by atoms with E-state index < -0.39 is 10.0 Å². The summed E-state index contributed by atoms with van der Waals surface area (Å²) in [5, 5.41) is 0. The summed E-state index contributed by atoms with van der Waals surface area (Å²) >= 11 is 3.25. The number of halogens is 1. The molecule has 0 saturated heterocycles. The van der Waals surface area contributed by atoms with Crippen molar-refractivity contribution in [3.63, 3.8) is 0 Å². The highest BCUT2D eigenvalue weighted by Crippen LogP contribution is 2.26. The van der Waals surface area contributed by atoms with E-state index in [-0.39, 0.29) is 17.5 Å². The molecule has 8 heteroatoms. The van der Waals surface area contributed by atoms with Gasteiger partial charge in [-0.3, -0.25) is 0 Å². The van der Waals surface area contributed by atoms with E-state index in [9.17, 15) is 8.42 Å². The van der Waals surface area contributed by atoms with Crippen molar-refractivity contribution in [3.8, 4) is 0 Å². The van der Waals surface area contributed by atoms with E-state index >= 15 is 0 Å². The van der Waals surface area contributed by atoms with Gasteiger partial charge in [0.1, 0.15) is 0 Å². The van der Waals surface area contributed by atoms with Crippen molar-refractivity contribution in [1.29, 1.82) is 0 Å². The van der Waals surface area contributed by atoms with Crippen LogP contribution in [0.15, 0.2) is 27.6 Å². The standard InChI is InChI=1S/C13H21BrN2O4S/c1-10(9-20-3)16(6-7-19-2)21(17,18)11-4-5-13(15)12(14)8-11/h4-5,8,10H,6-7,9,15H2,1-3H3. The number of benzene rings is 1. The fraction of sp³-hybridized carbons (Fsp3) is 0.538. The maximum absolute atomic E-state index is 12.8. The van der Waals surface area contributed by atoms with Gasteiger partial charge in [0.25, 0.3) is 0 Å². The third kappa shape index (κ3) is 4.65. The third-order valence-corrected chi connectivity index (χ3v) is 5.69. The molecule has 0 aromatic heterocycles. The van der Waals surface area contributed by atoms with Gasteiger partial charge in [0.05, 0.1) is 18.1 Å². The molecular formula is C13H21BrN2O4S. The minimum absolute atomic E-state index is 0.183. The van der Waals surface area contributed by atoms with Crippen molar-refractivity contribution in [3.05, 3.63) is 22.7 Å². The summed E-state index contributed by atoms with van der Waals surface area (Å²) in [4.78, 5) is 0.183. The fourth-order valence-electron chi connectivity index (χ4n) is 1.89. The molecule has 1 unspecified atom stereocenters. The van der Waals surface area contributed by atoms with Crippen molar-refractivity contribution in [2.45, 2.75) is 17.9 Å². The Morgan fingerprint density at radius 3 is 2.52 bits per heavy atom. The van der Waals surface area contributed by atoms with E-state index in [0.717, 1.165) is 0 Å². The lowest BCUT2D eigenvalue weighted by Crippen LogP contribution is -2.42. The summed E-state index contributed by atoms with van der Waals surface area (Å²) in [7, 11) is -0.574. The van der Waals surface area contributed by atoms with Crippen LogP contribution in [0.4, 0.5) is 5.69 Å². The van der Waals surface area contributed by atoms with Gasteiger partial charge in [-0.15, -0.1) is 0 Å². The van der Waals surface area contributed by atoms with Crippen molar-refractivity contribution in [2.75, 3.05) is 39.7 Å². The molecule has 2 N–H and O–H groups in total. The summed E-state index contributed by atoms with van der Waals surface area (Å²) in [6.07, 6.45) is 0. The molecule has 0 spiro atoms. The van der Waals surface area contributed by atoms with Crippen LogP contribution in [0, 0.1) is 0 Å². The molecule has 0 heterocycles. The summed E-state index contributed by atoms with van der Waals surface area (Å²) in [6.45, 7) is 2.66. The molecule has 1 rings (SSSR count). The van der Waals surface area contributed by atoms with Crippen LogP contribution in [0.2, 0.25) is 0 Å². The van der Waals surface area contributed by atoms with Crippen molar-refractivity contribution < 1.29 is 17.9 Å². The van der Waals surface area contributed by atoms with Gasteiger partial charge in [-0.25, -0.2) is 8.42 Å². The zero-order valence-electron chi connectivity index (χ0n) is 12.4. The molecule has 0 amide bonds. The molecule has 1 atom stereocenters. The van der Waals surface area contributed by atoms with Crippen molar-refractivity contribution in [2.24, 2.45) is 0 Å². The number of hydrogen-bond donors (Lipinski definition) is 1. The first-order chi connectivity index (χ1) is 9.84. The van der Waals surface area contributed by atoms with Crippen LogP contribution in [0.1, 0.15) is 6.92 Å². The quantitative estimate of drug-likeness (QED) is 0.694. The van der Waals surface area contributed by atoms with E-state index in [0.29, 0.717) is 23.4 Å². The van der Waals surface area contributed by atoms with Gasteiger partial charge in [0.15, 0.2) is 0 Å². The number of anilines is 1. The van der Waals surface area contributed by atoms with Crippen LogP contribution >= 0.6 is 15.9 Å². The van der Waals surface area contributed by atoms with Gasteiger partial charge >= 0.3 is 0 Å². The molecular weight excluding hydrogens is 360 g/mol. The first kappa shape index (κ1) is 18.4. The Hall–Kier alpha value is -0.670. The minimum Gasteiger partial charge on any atom is -0.398 e. The highest BCUT2D eigenvalue weighted by molar-refractivity contribution is 9.10. The van der Waals surface area contributed by atoms with E-state index in [1.807, 2.05) is 0 Å². The summed E-state index contributed by atoms with van der Waals surface area (Å²) in [5.74, 6) is 0. The van der Waals surface area contributed by atoms with Gasteiger partial charge in [0.2, 0.25) is 10.0 Å². The van der Waals surface area contributed by atoms with Gasteiger partial charge in [-0.05, 0) is 41.1 Å². The van der Waals surface area contributed by atoms with E-state index in [2.05, 4.69) is 15.9 Å². The van der Waals surface area contributed by atoms with Crippen molar-refractivity contribution in [1.82, 2.24) is 4.31 Å². The lowest BCUT2D eigenvalue weighted by atomic mass is 10.3. The number of nitrogen functional groups attached to an aromatic ring is 1. The summed E-state index contributed by atoms with van der Waals surface area (Å²) in [6, 6.07) is 4.26. The van der Waals surface area contributed by atoms with Crippen LogP contribution in [0.5, 0.6) is 0 Å². The van der Waals surface area contributed by atoms with Gasteiger partial charge in [-0.1, -0.05) is 0 Å². The number of nitrogens with zero attached hydrogens (tertiary/aromatic N) is 1. The Balaban J connectivity index is 3.15. The Morgan fingerprint density at radius 1 is 1.33 bits per heavy atom. The van der Waals surface area contributed by atoms with Crippen molar-refractivity contribution >= 4 is 31.6 Å². The first-order valence-corrected chi connectivity index (χ1v) is 8.62. The Morgan fingerprint density at radius 2 is 2.00 bits per heavy atom. The normalized spacial score (nSPS) is 13.6. The number of sulfonamides is 1. The first-order valence-electron chi connectivity index (χ1n) is 6.39. The SMILES string of the molecule is COCCN(C(C)COC)S(=O)(=O)c1ccc(N)c(Br)c1. The fourth-order valence-corrected chi connectivity index (χ4v) is 4.04. The number of hydrogen-bond acceptors (Lipinski definition) is 5. The zero-order chi connectivity index (χ0) is 16.0. The second-order valence-corrected chi connectivity index (χ2v) is 7.34. The maximum Gasteiger partial charge on any atom is 0.243 e. The van der Waals surface area contributed by atoms with Gasteiger partial charge in [0, 0.05) is 37.0 Å². The third-order valence-electron chi connectivity index (χ3n) is 2.99. The second-order valence-electron chi connectivity index (χ2n) is 4.60. The summed E-state index contributed by atoms with van der Waals surface area (Å²) < 4.78 is 37.5. The van der Waals surface area contributed by atoms with Crippen LogP contribution in [-0.4, -0.2) is 52.7 Å². The van der Waals surface area contributed by atoms with Crippen LogP contribution < -0.4 is 5.73 Å². The Labute approximate surface area is 134 Å². The van der Waals surface area contributed by atoms with Crippen LogP contribution in [-0.2, 0) is 19.5 Å². The minimum atomic E-state index is -3.65. The molecule has 0 radical (unpaired) electrons. The van der Waals surface area contributed by atoms with Crippen LogP contribution in [0.3, 0.4) is 0 Å².